The van der Waals surface area contributed by atoms with Gasteiger partial charge in [0.2, 0.25) is 0 Å². The number of benzene rings is 1. The molecule has 1 aromatic heterocycles. The third-order valence-electron chi connectivity index (χ3n) is 3.74. The summed E-state index contributed by atoms with van der Waals surface area (Å²) in [7, 11) is 3.11. The molecule has 0 fully saturated rings. The van der Waals surface area contributed by atoms with Crippen LogP contribution in [-0.2, 0) is 23.1 Å². The summed E-state index contributed by atoms with van der Waals surface area (Å²) in [6.07, 6.45) is 1.52. The highest BCUT2D eigenvalue weighted by Crippen LogP contribution is 2.11. The largest absolute Gasteiger partial charge is 0.451 e. The number of hydrogen-bond donors (Lipinski definition) is 0. The number of aryl methyl sites for hydroxylation is 1. The number of halogens is 1. The summed E-state index contributed by atoms with van der Waals surface area (Å²) < 4.78 is 20.1. The Bertz CT molecular complexity index is 813. The molecule has 1 heterocycles. The maximum atomic E-state index is 13.6. The number of likely N-dealkylation sites (N-methyl/N-ethyl adjacent to an activating group) is 1. The van der Waals surface area contributed by atoms with Gasteiger partial charge in [-0.3, -0.25) is 9.59 Å². The van der Waals surface area contributed by atoms with Crippen molar-refractivity contribution < 1.29 is 23.5 Å². The first kappa shape index (κ1) is 18.4. The lowest BCUT2D eigenvalue weighted by atomic mass is 10.2. The van der Waals surface area contributed by atoms with Crippen LogP contribution in [-0.4, -0.2) is 40.8 Å². The van der Waals surface area contributed by atoms with E-state index in [-0.39, 0.29) is 18.0 Å². The van der Waals surface area contributed by atoms with Crippen LogP contribution >= 0.6 is 0 Å². The van der Waals surface area contributed by atoms with Crippen molar-refractivity contribution in [3.05, 3.63) is 59.2 Å². The van der Waals surface area contributed by atoms with E-state index in [9.17, 15) is 18.8 Å². The average molecular weight is 346 g/mol. The number of carbonyl (C=O) groups excluding carboxylic acids is 3. The van der Waals surface area contributed by atoms with E-state index in [1.165, 1.54) is 41.8 Å². The van der Waals surface area contributed by atoms with Gasteiger partial charge in [-0.2, -0.15) is 0 Å². The Labute approximate surface area is 144 Å². The summed E-state index contributed by atoms with van der Waals surface area (Å²) >= 11 is 0. The van der Waals surface area contributed by atoms with Crippen molar-refractivity contribution in [3.63, 3.8) is 0 Å². The van der Waals surface area contributed by atoms with Gasteiger partial charge in [-0.25, -0.2) is 9.18 Å². The van der Waals surface area contributed by atoms with Crippen LogP contribution in [0.1, 0.15) is 33.3 Å². The van der Waals surface area contributed by atoms with Gasteiger partial charge in [0.15, 0.2) is 12.4 Å². The Morgan fingerprint density at radius 2 is 1.92 bits per heavy atom. The second-order valence-electron chi connectivity index (χ2n) is 5.70. The second-order valence-corrected chi connectivity index (χ2v) is 5.70. The summed E-state index contributed by atoms with van der Waals surface area (Å²) in [6, 6.07) is 7.56. The lowest BCUT2D eigenvalue weighted by molar-refractivity contribution is -0.133. The maximum absolute atomic E-state index is 13.6. The summed E-state index contributed by atoms with van der Waals surface area (Å²) in [5.74, 6) is -1.74. The second kappa shape index (κ2) is 7.74. The predicted octanol–water partition coefficient (Wildman–Crippen LogP) is 2.18. The number of Topliss-reactive ketones (excluding diaryl/α,β-unsaturated/α-hetero) is 1. The number of rotatable bonds is 6. The molecule has 1 amide bonds. The first-order valence-electron chi connectivity index (χ1n) is 7.61. The number of carbonyl (C=O) groups is 3. The lowest BCUT2D eigenvalue weighted by Gasteiger charge is -2.17. The molecule has 1 aromatic carbocycles. The smallest absolute Gasteiger partial charge is 0.355 e. The van der Waals surface area contributed by atoms with Gasteiger partial charge in [0.1, 0.15) is 11.5 Å². The minimum atomic E-state index is -0.706. The van der Waals surface area contributed by atoms with E-state index in [0.29, 0.717) is 11.1 Å². The Hall–Kier alpha value is -2.96. The minimum absolute atomic E-state index is 0.0711. The number of nitrogens with zero attached hydrogens (tertiary/aromatic N) is 2. The van der Waals surface area contributed by atoms with E-state index in [1.807, 2.05) is 0 Å². The molecule has 0 atom stereocenters. The van der Waals surface area contributed by atoms with E-state index in [4.69, 9.17) is 4.74 Å². The number of aromatic nitrogens is 1. The Morgan fingerprint density at radius 3 is 2.52 bits per heavy atom. The van der Waals surface area contributed by atoms with Gasteiger partial charge < -0.3 is 14.2 Å². The highest BCUT2D eigenvalue weighted by Gasteiger charge is 2.18. The first-order chi connectivity index (χ1) is 11.8. The molecule has 6 nitrogen and oxygen atoms in total. The van der Waals surface area contributed by atoms with E-state index in [0.717, 1.165) is 0 Å². The number of esters is 1. The lowest BCUT2D eigenvalue weighted by Crippen LogP contribution is -2.31. The first-order valence-corrected chi connectivity index (χ1v) is 7.61. The summed E-state index contributed by atoms with van der Waals surface area (Å²) in [6.45, 7) is 0.998. The Morgan fingerprint density at radius 1 is 1.24 bits per heavy atom. The van der Waals surface area contributed by atoms with Crippen LogP contribution in [0.2, 0.25) is 0 Å². The number of amides is 1. The molecular formula is C18H19FN2O4. The van der Waals surface area contributed by atoms with Crippen LogP contribution in [0.3, 0.4) is 0 Å². The molecule has 0 aliphatic rings. The van der Waals surface area contributed by atoms with Crippen molar-refractivity contribution in [1.82, 2.24) is 9.47 Å². The predicted molar refractivity (Wildman–Crippen MR) is 88.6 cm³/mol. The van der Waals surface area contributed by atoms with Gasteiger partial charge in [0.05, 0.1) is 0 Å². The van der Waals surface area contributed by atoms with Gasteiger partial charge in [-0.15, -0.1) is 0 Å². The molecule has 2 rings (SSSR count). The molecule has 25 heavy (non-hydrogen) atoms. The zero-order chi connectivity index (χ0) is 18.6. The quantitative estimate of drug-likeness (QED) is 0.594. The SMILES string of the molecule is CC(=O)c1cc(C(=O)OCC(=O)N(C)Cc2ccccc2F)n(C)c1. The van der Waals surface area contributed by atoms with Crippen molar-refractivity contribution in [2.24, 2.45) is 7.05 Å². The van der Waals surface area contributed by atoms with E-state index in [1.54, 1.807) is 25.2 Å². The molecular weight excluding hydrogens is 327 g/mol. The summed E-state index contributed by atoms with van der Waals surface area (Å²) in [4.78, 5) is 36.7. The molecule has 132 valence electrons. The zero-order valence-corrected chi connectivity index (χ0v) is 14.3. The van der Waals surface area contributed by atoms with Crippen LogP contribution in [0, 0.1) is 5.82 Å². The van der Waals surface area contributed by atoms with Gasteiger partial charge in [-0.1, -0.05) is 18.2 Å². The van der Waals surface area contributed by atoms with Crippen molar-refractivity contribution in [2.45, 2.75) is 13.5 Å². The topological polar surface area (TPSA) is 68.6 Å². The Balaban J connectivity index is 1.94. The van der Waals surface area contributed by atoms with Crippen molar-refractivity contribution >= 4 is 17.7 Å². The molecule has 0 bridgehead atoms. The van der Waals surface area contributed by atoms with Crippen LogP contribution < -0.4 is 0 Å². The van der Waals surface area contributed by atoms with Crippen molar-refractivity contribution in [1.29, 1.82) is 0 Å². The molecule has 2 aromatic rings. The summed E-state index contributed by atoms with van der Waals surface area (Å²) in [5, 5.41) is 0. The van der Waals surface area contributed by atoms with Crippen LogP contribution in [0.4, 0.5) is 4.39 Å². The van der Waals surface area contributed by atoms with Crippen molar-refractivity contribution in [3.8, 4) is 0 Å². The highest BCUT2D eigenvalue weighted by molar-refractivity contribution is 5.98. The van der Waals surface area contributed by atoms with Crippen LogP contribution in [0.25, 0.3) is 0 Å². The average Bonchev–Trinajstić information content (AvgIpc) is 2.96. The fourth-order valence-electron chi connectivity index (χ4n) is 2.24. The molecule has 0 spiro atoms. The molecule has 7 heteroatoms. The molecule has 0 saturated carbocycles. The molecule has 0 radical (unpaired) electrons. The molecule has 0 aliphatic heterocycles. The maximum Gasteiger partial charge on any atom is 0.355 e. The van der Waals surface area contributed by atoms with E-state index >= 15 is 0 Å². The molecule has 0 unspecified atom stereocenters. The summed E-state index contributed by atoms with van der Waals surface area (Å²) in [5.41, 5.74) is 0.936. The Kier molecular flexibility index (Phi) is 5.69. The normalized spacial score (nSPS) is 10.4. The fourth-order valence-corrected chi connectivity index (χ4v) is 2.24. The molecule has 0 saturated heterocycles. The third kappa shape index (κ3) is 4.53. The minimum Gasteiger partial charge on any atom is -0.451 e. The monoisotopic (exact) mass is 346 g/mol. The van der Waals surface area contributed by atoms with Gasteiger partial charge in [0, 0.05) is 38.0 Å². The molecule has 0 aliphatic carbocycles. The van der Waals surface area contributed by atoms with Crippen LogP contribution in [0.5, 0.6) is 0 Å². The van der Waals surface area contributed by atoms with Gasteiger partial charge in [0.25, 0.3) is 5.91 Å². The van der Waals surface area contributed by atoms with Crippen molar-refractivity contribution in [2.75, 3.05) is 13.7 Å². The third-order valence-corrected chi connectivity index (χ3v) is 3.74. The van der Waals surface area contributed by atoms with Crippen LogP contribution in [0.15, 0.2) is 36.5 Å². The highest BCUT2D eigenvalue weighted by atomic mass is 19.1. The van der Waals surface area contributed by atoms with E-state index in [2.05, 4.69) is 0 Å². The number of ether oxygens (including phenoxy) is 1. The number of hydrogen-bond acceptors (Lipinski definition) is 4. The number of ketones is 1. The standard InChI is InChI=1S/C18H19FN2O4/c1-12(22)14-8-16(20(2)10-14)18(24)25-11-17(23)21(3)9-13-6-4-5-7-15(13)19/h4-8,10H,9,11H2,1-3H3. The van der Waals surface area contributed by atoms with Gasteiger partial charge >= 0.3 is 5.97 Å². The van der Waals surface area contributed by atoms with Gasteiger partial charge in [-0.05, 0) is 19.1 Å². The zero-order valence-electron chi connectivity index (χ0n) is 14.3. The molecule has 0 N–H and O–H groups in total. The van der Waals surface area contributed by atoms with E-state index < -0.39 is 24.3 Å². The fraction of sp³-hybridized carbons (Fsp3) is 0.278.